The smallest absolute Gasteiger partial charge is 0.425 e. The van der Waals surface area contributed by atoms with E-state index < -0.39 is 62.4 Å². The third-order valence-electron chi connectivity index (χ3n) is 3.48. The Balaban J connectivity index is 2.34. The first-order chi connectivity index (χ1) is 10.7. The summed E-state index contributed by atoms with van der Waals surface area (Å²) in [5.74, 6) is -6.26. The van der Waals surface area contributed by atoms with Gasteiger partial charge in [0.15, 0.2) is 0 Å². The Morgan fingerprint density at radius 2 is 1.75 bits per heavy atom. The summed E-state index contributed by atoms with van der Waals surface area (Å²) in [6.45, 7) is -2.11. The molecule has 0 aliphatic carbocycles. The van der Waals surface area contributed by atoms with Crippen LogP contribution in [0.1, 0.15) is 4.88 Å². The van der Waals surface area contributed by atoms with Crippen LogP contribution in [0.15, 0.2) is 16.3 Å². The zero-order valence-corrected chi connectivity index (χ0v) is 13.1. The second-order valence-electron chi connectivity index (χ2n) is 5.03. The van der Waals surface area contributed by atoms with Crippen molar-refractivity contribution in [3.05, 3.63) is 17.0 Å². The van der Waals surface area contributed by atoms with Crippen LogP contribution in [-0.2, 0) is 21.0 Å². The Kier molecular flexibility index (Phi) is 4.65. The topological polar surface area (TPSA) is 74.7 Å². The molecule has 1 aliphatic heterocycles. The van der Waals surface area contributed by atoms with Crippen molar-refractivity contribution in [3.8, 4) is 0 Å². The minimum absolute atomic E-state index is 0.131. The number of sulfonamides is 1. The molecule has 2 rings (SSSR count). The van der Waals surface area contributed by atoms with Gasteiger partial charge in [0.05, 0.1) is 11.8 Å². The van der Waals surface area contributed by atoms with Gasteiger partial charge in [0.2, 0.25) is 0 Å². The molecule has 0 bridgehead atoms. The lowest BCUT2D eigenvalue weighted by atomic mass is 9.96. The fraction of sp³-hybridized carbons (Fsp3) is 0.545. The largest absolute Gasteiger partial charge is 0.481 e. The highest BCUT2D eigenvalue weighted by molar-refractivity contribution is 7.91. The van der Waals surface area contributed by atoms with E-state index in [1.165, 1.54) is 0 Å². The number of carbonyl (C=O) groups is 1. The van der Waals surface area contributed by atoms with E-state index in [0.29, 0.717) is 12.1 Å². The second kappa shape index (κ2) is 5.88. The summed E-state index contributed by atoms with van der Waals surface area (Å²) in [5, 5.41) is 8.84. The summed E-state index contributed by atoms with van der Waals surface area (Å²) in [7, 11) is -4.65. The Hall–Kier alpha value is -1.34. The Morgan fingerprint density at radius 3 is 2.12 bits per heavy atom. The van der Waals surface area contributed by atoms with Crippen LogP contribution in [0.25, 0.3) is 0 Å². The van der Waals surface area contributed by atoms with Gasteiger partial charge in [-0.05, 0) is 12.1 Å². The molecular formula is C11H9F6NO4S2. The van der Waals surface area contributed by atoms with Crippen LogP contribution in [0.2, 0.25) is 0 Å². The van der Waals surface area contributed by atoms with E-state index in [2.05, 4.69) is 0 Å². The van der Waals surface area contributed by atoms with E-state index in [-0.39, 0.29) is 15.6 Å². The van der Waals surface area contributed by atoms with E-state index in [1.54, 1.807) is 0 Å². The average molecular weight is 397 g/mol. The van der Waals surface area contributed by atoms with Crippen LogP contribution in [0, 0.1) is 11.8 Å². The summed E-state index contributed by atoms with van der Waals surface area (Å²) in [5.41, 5.74) is 0. The van der Waals surface area contributed by atoms with Gasteiger partial charge in [-0.25, -0.2) is 8.42 Å². The average Bonchev–Trinajstić information content (AvgIpc) is 3.05. The fourth-order valence-electron chi connectivity index (χ4n) is 2.28. The quantitative estimate of drug-likeness (QED) is 0.796. The Labute approximate surface area is 135 Å². The minimum atomic E-state index is -4.94. The summed E-state index contributed by atoms with van der Waals surface area (Å²) in [6, 6.07) is 1.14. The summed E-state index contributed by atoms with van der Waals surface area (Å²) in [6.07, 6.45) is -9.73. The SMILES string of the molecule is O=C(O)[C@@H]1CN(S(=O)(=O)c2ccc(C(F)(F)F)s2)C[C@H]1C(F)(F)F. The van der Waals surface area contributed by atoms with Crippen molar-refractivity contribution in [3.63, 3.8) is 0 Å². The van der Waals surface area contributed by atoms with Gasteiger partial charge in [0.1, 0.15) is 9.09 Å². The highest BCUT2D eigenvalue weighted by atomic mass is 32.2. The molecule has 0 amide bonds. The van der Waals surface area contributed by atoms with Crippen molar-refractivity contribution < 1.29 is 44.7 Å². The fourth-order valence-corrected chi connectivity index (χ4v) is 5.10. The molecule has 0 unspecified atom stereocenters. The molecule has 1 aliphatic rings. The maximum atomic E-state index is 12.9. The van der Waals surface area contributed by atoms with Crippen LogP contribution in [0.5, 0.6) is 0 Å². The number of hydrogen-bond acceptors (Lipinski definition) is 4. The number of carboxylic acids is 1. The first-order valence-corrected chi connectivity index (χ1v) is 8.47. The number of hydrogen-bond donors (Lipinski definition) is 1. The van der Waals surface area contributed by atoms with Gasteiger partial charge in [-0.15, -0.1) is 11.3 Å². The summed E-state index contributed by atoms with van der Waals surface area (Å²) < 4.78 is 100. The molecule has 13 heteroatoms. The van der Waals surface area contributed by atoms with Crippen molar-refractivity contribution in [1.82, 2.24) is 4.31 Å². The standard InChI is InChI=1S/C11H9F6NO4S2/c12-10(13,14)6-4-18(3-5(6)9(19)20)24(21,22)8-2-1-7(23-8)11(15,16)17/h1-2,5-6H,3-4H2,(H,19,20)/t5-,6-/m1/s1. The molecule has 1 aromatic rings. The van der Waals surface area contributed by atoms with Crippen LogP contribution >= 0.6 is 11.3 Å². The molecule has 136 valence electrons. The molecule has 1 saturated heterocycles. The van der Waals surface area contributed by atoms with Gasteiger partial charge in [0.25, 0.3) is 10.0 Å². The van der Waals surface area contributed by atoms with Gasteiger partial charge in [-0.3, -0.25) is 4.79 Å². The van der Waals surface area contributed by atoms with Gasteiger partial charge in [-0.2, -0.15) is 30.6 Å². The van der Waals surface area contributed by atoms with Crippen LogP contribution in [0.3, 0.4) is 0 Å². The predicted molar refractivity (Wildman–Crippen MR) is 68.8 cm³/mol. The summed E-state index contributed by atoms with van der Waals surface area (Å²) in [4.78, 5) is 9.72. The zero-order chi connectivity index (χ0) is 18.5. The molecule has 0 aromatic carbocycles. The number of aliphatic carboxylic acids is 1. The predicted octanol–water partition coefficient (Wildman–Crippen LogP) is 2.65. The van der Waals surface area contributed by atoms with Gasteiger partial charge < -0.3 is 5.11 Å². The van der Waals surface area contributed by atoms with Gasteiger partial charge in [0, 0.05) is 13.1 Å². The minimum Gasteiger partial charge on any atom is -0.481 e. The van der Waals surface area contributed by atoms with Crippen molar-refractivity contribution in [2.75, 3.05) is 13.1 Å². The first-order valence-electron chi connectivity index (χ1n) is 6.21. The van der Waals surface area contributed by atoms with E-state index in [9.17, 15) is 39.6 Å². The molecule has 0 radical (unpaired) electrons. The van der Waals surface area contributed by atoms with Crippen LogP contribution in [-0.4, -0.2) is 43.1 Å². The molecule has 24 heavy (non-hydrogen) atoms. The number of rotatable bonds is 3. The lowest BCUT2D eigenvalue weighted by Crippen LogP contribution is -2.34. The Morgan fingerprint density at radius 1 is 1.17 bits per heavy atom. The van der Waals surface area contributed by atoms with E-state index in [4.69, 9.17) is 5.11 Å². The van der Waals surface area contributed by atoms with Crippen LogP contribution in [0.4, 0.5) is 26.3 Å². The number of thiophene rings is 1. The normalized spacial score (nSPS) is 23.6. The monoisotopic (exact) mass is 397 g/mol. The second-order valence-corrected chi connectivity index (χ2v) is 8.28. The number of carboxylic acid groups (broad SMARTS) is 1. The van der Waals surface area contributed by atoms with E-state index >= 15 is 0 Å². The lowest BCUT2D eigenvalue weighted by Gasteiger charge is -2.18. The number of nitrogens with zero attached hydrogens (tertiary/aromatic N) is 1. The Bertz CT molecular complexity index is 738. The maximum Gasteiger partial charge on any atom is 0.425 e. The summed E-state index contributed by atoms with van der Waals surface area (Å²) >= 11 is -0.131. The molecule has 1 fully saturated rings. The van der Waals surface area contributed by atoms with Crippen molar-refractivity contribution >= 4 is 27.3 Å². The maximum absolute atomic E-state index is 12.9. The van der Waals surface area contributed by atoms with Crippen molar-refractivity contribution in [1.29, 1.82) is 0 Å². The number of halogens is 6. The molecule has 1 N–H and O–H groups in total. The van der Waals surface area contributed by atoms with Crippen molar-refractivity contribution in [2.45, 2.75) is 16.6 Å². The molecule has 5 nitrogen and oxygen atoms in total. The highest BCUT2D eigenvalue weighted by Gasteiger charge is 2.55. The number of alkyl halides is 6. The zero-order valence-electron chi connectivity index (χ0n) is 11.4. The molecule has 0 spiro atoms. The lowest BCUT2D eigenvalue weighted by molar-refractivity contribution is -0.187. The molecule has 1 aromatic heterocycles. The van der Waals surface area contributed by atoms with Crippen molar-refractivity contribution in [2.24, 2.45) is 11.8 Å². The van der Waals surface area contributed by atoms with Crippen LogP contribution < -0.4 is 0 Å². The first kappa shape index (κ1) is 19.0. The third kappa shape index (κ3) is 3.52. The van der Waals surface area contributed by atoms with E-state index in [0.717, 1.165) is 0 Å². The third-order valence-corrected chi connectivity index (χ3v) is 6.91. The van der Waals surface area contributed by atoms with E-state index in [1.807, 2.05) is 0 Å². The van der Waals surface area contributed by atoms with Gasteiger partial charge in [-0.1, -0.05) is 0 Å². The molecule has 2 heterocycles. The molecule has 2 atom stereocenters. The van der Waals surface area contributed by atoms with Gasteiger partial charge >= 0.3 is 18.3 Å². The highest BCUT2D eigenvalue weighted by Crippen LogP contribution is 2.42. The molecule has 0 saturated carbocycles. The molecular weight excluding hydrogens is 388 g/mol.